The van der Waals surface area contributed by atoms with Crippen molar-refractivity contribution in [3.05, 3.63) is 29.6 Å². The van der Waals surface area contributed by atoms with Crippen LogP contribution in [0.2, 0.25) is 0 Å². The molecule has 1 atom stereocenters. The number of hydrogen-bond acceptors (Lipinski definition) is 4. The third-order valence-electron chi connectivity index (χ3n) is 3.94. The van der Waals surface area contributed by atoms with Crippen molar-refractivity contribution in [2.75, 3.05) is 44.9 Å². The molecule has 0 saturated carbocycles. The monoisotopic (exact) mass is 296 g/mol. The van der Waals surface area contributed by atoms with Crippen LogP contribution in [0.5, 0.6) is 0 Å². The summed E-state index contributed by atoms with van der Waals surface area (Å²) in [6.45, 7) is 3.82. The molecule has 0 radical (unpaired) electrons. The summed E-state index contributed by atoms with van der Waals surface area (Å²) >= 11 is 0. The smallest absolute Gasteiger partial charge is 0.146 e. The van der Waals surface area contributed by atoms with Gasteiger partial charge in [0.05, 0.1) is 12.3 Å². The number of ether oxygens (including phenoxy) is 1. The highest BCUT2D eigenvalue weighted by Crippen LogP contribution is 2.26. The summed E-state index contributed by atoms with van der Waals surface area (Å²) in [4.78, 5) is 2.04. The summed E-state index contributed by atoms with van der Waals surface area (Å²) in [6, 6.07) is 5.40. The maximum atomic E-state index is 14.3. The van der Waals surface area contributed by atoms with Crippen molar-refractivity contribution in [1.29, 1.82) is 0 Å². The first-order valence-corrected chi connectivity index (χ1v) is 7.58. The van der Waals surface area contributed by atoms with E-state index in [0.717, 1.165) is 38.0 Å². The molecule has 0 spiro atoms. The van der Waals surface area contributed by atoms with Gasteiger partial charge >= 0.3 is 0 Å². The lowest BCUT2D eigenvalue weighted by molar-refractivity contribution is 0.199. The molecule has 5 heteroatoms. The number of halogens is 1. The molecule has 1 aliphatic rings. The maximum absolute atomic E-state index is 14.3. The van der Waals surface area contributed by atoms with Gasteiger partial charge in [0.1, 0.15) is 5.82 Å². The largest absolute Gasteiger partial charge is 0.396 e. The number of hydrogen-bond donors (Lipinski definition) is 2. The van der Waals surface area contributed by atoms with Crippen LogP contribution in [0.25, 0.3) is 0 Å². The molecule has 1 aromatic rings. The van der Waals surface area contributed by atoms with Gasteiger partial charge in [-0.15, -0.1) is 0 Å². The lowest BCUT2D eigenvalue weighted by Gasteiger charge is -2.33. The standard InChI is InChI=1S/C16H25FN2O2/c1-21-8-6-18-10-13-4-5-16(15(17)9-13)19-7-2-3-14(11-19)12-20/h4-5,9,14,18,20H,2-3,6-8,10-12H2,1H3. The number of anilines is 1. The Morgan fingerprint density at radius 2 is 2.33 bits per heavy atom. The summed E-state index contributed by atoms with van der Waals surface area (Å²) in [5.41, 5.74) is 1.58. The van der Waals surface area contributed by atoms with E-state index in [1.165, 1.54) is 0 Å². The molecule has 2 N–H and O–H groups in total. The molecule has 1 unspecified atom stereocenters. The number of nitrogens with zero attached hydrogens (tertiary/aromatic N) is 1. The molecule has 4 nitrogen and oxygen atoms in total. The molecule has 21 heavy (non-hydrogen) atoms. The van der Waals surface area contributed by atoms with Crippen molar-refractivity contribution in [2.45, 2.75) is 19.4 Å². The van der Waals surface area contributed by atoms with Crippen molar-refractivity contribution >= 4 is 5.69 Å². The SMILES string of the molecule is COCCNCc1ccc(N2CCCC(CO)C2)c(F)c1. The summed E-state index contributed by atoms with van der Waals surface area (Å²) in [5.74, 6) is 0.0770. The molecular weight excluding hydrogens is 271 g/mol. The van der Waals surface area contributed by atoms with Gasteiger partial charge in [-0.3, -0.25) is 0 Å². The zero-order chi connectivity index (χ0) is 15.1. The molecule has 0 amide bonds. The Balaban J connectivity index is 1.95. The topological polar surface area (TPSA) is 44.7 Å². The summed E-state index contributed by atoms with van der Waals surface area (Å²) in [5, 5.41) is 12.5. The van der Waals surface area contributed by atoms with E-state index in [9.17, 15) is 9.50 Å². The highest BCUT2D eigenvalue weighted by atomic mass is 19.1. The van der Waals surface area contributed by atoms with Gasteiger partial charge in [-0.1, -0.05) is 6.07 Å². The lowest BCUT2D eigenvalue weighted by Crippen LogP contribution is -2.37. The van der Waals surface area contributed by atoms with Crippen molar-refractivity contribution in [3.63, 3.8) is 0 Å². The van der Waals surface area contributed by atoms with Crippen molar-refractivity contribution in [1.82, 2.24) is 5.32 Å². The minimum absolute atomic E-state index is 0.180. The Morgan fingerprint density at radius 3 is 3.05 bits per heavy atom. The fraction of sp³-hybridized carbons (Fsp3) is 0.625. The first-order chi connectivity index (χ1) is 10.2. The molecule has 1 heterocycles. The number of piperidine rings is 1. The fourth-order valence-corrected chi connectivity index (χ4v) is 2.76. The van der Waals surface area contributed by atoms with Crippen LogP contribution in [0.15, 0.2) is 18.2 Å². The Hall–Kier alpha value is -1.17. The second-order valence-electron chi connectivity index (χ2n) is 5.59. The molecule has 118 valence electrons. The highest BCUT2D eigenvalue weighted by Gasteiger charge is 2.21. The van der Waals surface area contributed by atoms with E-state index in [1.54, 1.807) is 13.2 Å². The second-order valence-corrected chi connectivity index (χ2v) is 5.59. The lowest BCUT2D eigenvalue weighted by atomic mass is 9.98. The molecule has 2 rings (SSSR count). The Morgan fingerprint density at radius 1 is 1.48 bits per heavy atom. The Bertz CT molecular complexity index is 442. The van der Waals surface area contributed by atoms with Gasteiger partial charge in [0.2, 0.25) is 0 Å². The normalized spacial score (nSPS) is 19.0. The van der Waals surface area contributed by atoms with E-state index in [-0.39, 0.29) is 18.3 Å². The van der Waals surface area contributed by atoms with E-state index >= 15 is 0 Å². The quantitative estimate of drug-likeness (QED) is 0.753. The van der Waals surface area contributed by atoms with Crippen LogP contribution in [0.1, 0.15) is 18.4 Å². The van der Waals surface area contributed by atoms with Gasteiger partial charge in [-0.2, -0.15) is 0 Å². The van der Waals surface area contributed by atoms with E-state index in [4.69, 9.17) is 4.74 Å². The number of aliphatic hydroxyl groups excluding tert-OH is 1. The highest BCUT2D eigenvalue weighted by molar-refractivity contribution is 5.49. The summed E-state index contributed by atoms with van der Waals surface area (Å²) in [7, 11) is 1.66. The first kappa shape index (κ1) is 16.2. The van der Waals surface area contributed by atoms with Crippen molar-refractivity contribution in [2.24, 2.45) is 5.92 Å². The van der Waals surface area contributed by atoms with E-state index in [0.29, 0.717) is 18.8 Å². The predicted octanol–water partition coefficient (Wildman–Crippen LogP) is 1.77. The van der Waals surface area contributed by atoms with Crippen LogP contribution in [-0.2, 0) is 11.3 Å². The molecule has 0 bridgehead atoms. The Labute approximate surface area is 125 Å². The van der Waals surface area contributed by atoms with Gasteiger partial charge in [-0.05, 0) is 36.5 Å². The molecular formula is C16H25FN2O2. The number of benzene rings is 1. The van der Waals surface area contributed by atoms with E-state index in [2.05, 4.69) is 5.32 Å². The van der Waals surface area contributed by atoms with Gasteiger partial charge in [0.25, 0.3) is 0 Å². The molecule has 1 fully saturated rings. The van der Waals surface area contributed by atoms with Crippen LogP contribution in [0.3, 0.4) is 0 Å². The zero-order valence-electron chi connectivity index (χ0n) is 12.6. The van der Waals surface area contributed by atoms with Crippen LogP contribution in [0.4, 0.5) is 10.1 Å². The molecule has 0 aromatic heterocycles. The van der Waals surface area contributed by atoms with Gasteiger partial charge < -0.3 is 20.1 Å². The fourth-order valence-electron chi connectivity index (χ4n) is 2.76. The molecule has 1 aliphatic heterocycles. The maximum Gasteiger partial charge on any atom is 0.146 e. The first-order valence-electron chi connectivity index (χ1n) is 7.58. The second kappa shape index (κ2) is 8.32. The number of methoxy groups -OCH3 is 1. The summed E-state index contributed by atoms with van der Waals surface area (Å²) in [6.07, 6.45) is 2.03. The van der Waals surface area contributed by atoms with Gasteiger partial charge in [0.15, 0.2) is 0 Å². The summed E-state index contributed by atoms with van der Waals surface area (Å²) < 4.78 is 19.2. The van der Waals surface area contributed by atoms with E-state index < -0.39 is 0 Å². The number of rotatable bonds is 7. The number of nitrogens with one attached hydrogen (secondary N) is 1. The molecule has 1 saturated heterocycles. The van der Waals surface area contributed by atoms with Crippen LogP contribution in [-0.4, -0.2) is 45.1 Å². The van der Waals surface area contributed by atoms with Crippen LogP contribution in [0, 0.1) is 11.7 Å². The van der Waals surface area contributed by atoms with Crippen molar-refractivity contribution < 1.29 is 14.2 Å². The minimum atomic E-state index is -0.181. The molecule has 0 aliphatic carbocycles. The van der Waals surface area contributed by atoms with Crippen LogP contribution < -0.4 is 10.2 Å². The van der Waals surface area contributed by atoms with Gasteiger partial charge in [0, 0.05) is 39.9 Å². The van der Waals surface area contributed by atoms with E-state index in [1.807, 2.05) is 17.0 Å². The zero-order valence-corrected chi connectivity index (χ0v) is 12.6. The average Bonchev–Trinajstić information content (AvgIpc) is 2.52. The molecule has 1 aromatic carbocycles. The predicted molar refractivity (Wildman–Crippen MR) is 82.0 cm³/mol. The average molecular weight is 296 g/mol. The Kier molecular flexibility index (Phi) is 6.42. The van der Waals surface area contributed by atoms with Crippen molar-refractivity contribution in [3.8, 4) is 0 Å². The number of aliphatic hydroxyl groups is 1. The van der Waals surface area contributed by atoms with Crippen LogP contribution >= 0.6 is 0 Å². The third-order valence-corrected chi connectivity index (χ3v) is 3.94. The minimum Gasteiger partial charge on any atom is -0.396 e. The van der Waals surface area contributed by atoms with Gasteiger partial charge in [-0.25, -0.2) is 4.39 Å². The third kappa shape index (κ3) is 4.66.